The molecule has 0 aliphatic heterocycles. The van der Waals surface area contributed by atoms with Crippen molar-refractivity contribution in [1.29, 1.82) is 0 Å². The van der Waals surface area contributed by atoms with Crippen LogP contribution in [0.4, 0.5) is 11.4 Å². The molecule has 6 heteroatoms. The monoisotopic (exact) mass is 282 g/mol. The highest BCUT2D eigenvalue weighted by Gasteiger charge is 2.13. The van der Waals surface area contributed by atoms with Crippen LogP contribution in [0.3, 0.4) is 0 Å². The van der Waals surface area contributed by atoms with Gasteiger partial charge in [0.1, 0.15) is 0 Å². The van der Waals surface area contributed by atoms with Crippen molar-refractivity contribution >= 4 is 17.3 Å². The number of ether oxygens (including phenoxy) is 2. The summed E-state index contributed by atoms with van der Waals surface area (Å²) in [5, 5.41) is 12.7. The first-order valence-corrected chi connectivity index (χ1v) is 6.39. The van der Waals surface area contributed by atoms with E-state index < -0.39 is 12.1 Å². The molecular formula is C14H22N2O4. The fourth-order valence-corrected chi connectivity index (χ4v) is 1.84. The summed E-state index contributed by atoms with van der Waals surface area (Å²) < 4.78 is 9.55. The third kappa shape index (κ3) is 4.40. The molecule has 1 aromatic carbocycles. The number of anilines is 2. The Morgan fingerprint density at radius 1 is 1.45 bits per heavy atom. The van der Waals surface area contributed by atoms with Crippen LogP contribution in [0.15, 0.2) is 12.1 Å². The maximum absolute atomic E-state index is 11.6. The molecule has 112 valence electrons. The lowest BCUT2D eigenvalue weighted by molar-refractivity contribution is 0.0601. The van der Waals surface area contributed by atoms with Gasteiger partial charge < -0.3 is 25.6 Å². The standard InChI is InChI=1S/C14H22N2O4/c1-9-6-10(16-5-4-11(17)8-19-2)7-12(13(9)15)14(18)20-3/h6-7,11,16-17H,4-5,8,15H2,1-3H3. The SMILES string of the molecule is COCC(O)CCNc1cc(C)c(N)c(C(=O)OC)c1. The lowest BCUT2D eigenvalue weighted by Crippen LogP contribution is -2.18. The molecule has 1 unspecified atom stereocenters. The van der Waals surface area contributed by atoms with E-state index in [1.54, 1.807) is 13.2 Å². The summed E-state index contributed by atoms with van der Waals surface area (Å²) >= 11 is 0. The molecule has 20 heavy (non-hydrogen) atoms. The van der Waals surface area contributed by atoms with Gasteiger partial charge in [0.15, 0.2) is 0 Å². The number of rotatable bonds is 7. The summed E-state index contributed by atoms with van der Waals surface area (Å²) in [6.45, 7) is 2.69. The average molecular weight is 282 g/mol. The van der Waals surface area contributed by atoms with E-state index in [1.165, 1.54) is 7.11 Å². The van der Waals surface area contributed by atoms with Gasteiger partial charge in [-0.15, -0.1) is 0 Å². The number of carbonyl (C=O) groups is 1. The maximum atomic E-state index is 11.6. The van der Waals surface area contributed by atoms with E-state index in [-0.39, 0.29) is 0 Å². The first kappa shape index (κ1) is 16.3. The summed E-state index contributed by atoms with van der Waals surface area (Å²) in [5.74, 6) is -0.464. The van der Waals surface area contributed by atoms with Gasteiger partial charge in [-0.2, -0.15) is 0 Å². The second-order valence-electron chi connectivity index (χ2n) is 4.57. The molecule has 0 amide bonds. The van der Waals surface area contributed by atoms with Crippen molar-refractivity contribution in [3.05, 3.63) is 23.3 Å². The molecule has 1 rings (SSSR count). The Hall–Kier alpha value is -1.79. The normalized spacial score (nSPS) is 12.0. The Labute approximate surface area is 118 Å². The van der Waals surface area contributed by atoms with Crippen LogP contribution in [0.2, 0.25) is 0 Å². The number of hydrogen-bond acceptors (Lipinski definition) is 6. The molecule has 1 aromatic rings. The minimum absolute atomic E-state index is 0.301. The third-order valence-corrected chi connectivity index (χ3v) is 2.96. The van der Waals surface area contributed by atoms with Crippen molar-refractivity contribution in [3.8, 4) is 0 Å². The van der Waals surface area contributed by atoms with E-state index in [9.17, 15) is 9.90 Å². The van der Waals surface area contributed by atoms with Gasteiger partial charge in [-0.25, -0.2) is 4.79 Å². The summed E-state index contributed by atoms with van der Waals surface area (Å²) in [5.41, 5.74) is 8.18. The average Bonchev–Trinajstić information content (AvgIpc) is 2.42. The Balaban J connectivity index is 2.71. The Kier molecular flexibility index (Phi) is 6.27. The molecule has 0 saturated carbocycles. The first-order valence-electron chi connectivity index (χ1n) is 6.39. The van der Waals surface area contributed by atoms with Gasteiger partial charge in [0.05, 0.1) is 25.4 Å². The van der Waals surface area contributed by atoms with Crippen LogP contribution in [0.25, 0.3) is 0 Å². The quantitative estimate of drug-likeness (QED) is 0.513. The zero-order chi connectivity index (χ0) is 15.1. The van der Waals surface area contributed by atoms with E-state index in [0.717, 1.165) is 11.3 Å². The minimum atomic E-state index is -0.512. The van der Waals surface area contributed by atoms with Crippen molar-refractivity contribution in [3.63, 3.8) is 0 Å². The van der Waals surface area contributed by atoms with Gasteiger partial charge in [-0.05, 0) is 31.0 Å². The fraction of sp³-hybridized carbons (Fsp3) is 0.500. The molecule has 0 aliphatic carbocycles. The van der Waals surface area contributed by atoms with Crippen LogP contribution in [-0.4, -0.2) is 44.6 Å². The van der Waals surface area contributed by atoms with E-state index in [4.69, 9.17) is 15.2 Å². The van der Waals surface area contributed by atoms with E-state index in [0.29, 0.717) is 30.8 Å². The van der Waals surface area contributed by atoms with E-state index in [2.05, 4.69) is 5.32 Å². The number of hydrogen-bond donors (Lipinski definition) is 3. The van der Waals surface area contributed by atoms with Crippen LogP contribution >= 0.6 is 0 Å². The maximum Gasteiger partial charge on any atom is 0.340 e. The Morgan fingerprint density at radius 3 is 2.75 bits per heavy atom. The zero-order valence-corrected chi connectivity index (χ0v) is 12.1. The first-order chi connectivity index (χ1) is 9.49. The lowest BCUT2D eigenvalue weighted by atomic mass is 10.1. The van der Waals surface area contributed by atoms with Crippen molar-refractivity contribution in [2.75, 3.05) is 38.4 Å². The zero-order valence-electron chi connectivity index (χ0n) is 12.1. The highest BCUT2D eigenvalue weighted by atomic mass is 16.5. The summed E-state index contributed by atoms with van der Waals surface area (Å²) in [7, 11) is 2.86. The fourth-order valence-electron chi connectivity index (χ4n) is 1.84. The van der Waals surface area contributed by atoms with Crippen LogP contribution in [0.1, 0.15) is 22.3 Å². The molecule has 0 spiro atoms. The summed E-state index contributed by atoms with van der Waals surface area (Å²) in [4.78, 5) is 11.6. The van der Waals surface area contributed by atoms with Gasteiger partial charge in [-0.1, -0.05) is 0 Å². The van der Waals surface area contributed by atoms with Crippen molar-refractivity contribution < 1.29 is 19.4 Å². The highest BCUT2D eigenvalue weighted by molar-refractivity contribution is 5.97. The third-order valence-electron chi connectivity index (χ3n) is 2.96. The van der Waals surface area contributed by atoms with Gasteiger partial charge in [0.25, 0.3) is 0 Å². The number of nitrogen functional groups attached to an aromatic ring is 1. The number of methoxy groups -OCH3 is 2. The number of nitrogens with two attached hydrogens (primary N) is 1. The van der Waals surface area contributed by atoms with Gasteiger partial charge in [0, 0.05) is 25.0 Å². The summed E-state index contributed by atoms with van der Waals surface area (Å²) in [6, 6.07) is 3.50. The van der Waals surface area contributed by atoms with Crippen LogP contribution in [0, 0.1) is 6.92 Å². The van der Waals surface area contributed by atoms with Crippen LogP contribution < -0.4 is 11.1 Å². The molecule has 0 aromatic heterocycles. The minimum Gasteiger partial charge on any atom is -0.465 e. The van der Waals surface area contributed by atoms with Gasteiger partial charge in [0.2, 0.25) is 0 Å². The Morgan fingerprint density at radius 2 is 2.15 bits per heavy atom. The number of aliphatic hydroxyl groups excluding tert-OH is 1. The topological polar surface area (TPSA) is 93.8 Å². The molecule has 0 aliphatic rings. The van der Waals surface area contributed by atoms with Gasteiger partial charge in [-0.3, -0.25) is 0 Å². The Bertz CT molecular complexity index is 463. The van der Waals surface area contributed by atoms with Crippen molar-refractivity contribution in [2.24, 2.45) is 0 Å². The van der Waals surface area contributed by atoms with Crippen molar-refractivity contribution in [1.82, 2.24) is 0 Å². The van der Waals surface area contributed by atoms with E-state index >= 15 is 0 Å². The largest absolute Gasteiger partial charge is 0.465 e. The van der Waals surface area contributed by atoms with E-state index in [1.807, 2.05) is 13.0 Å². The lowest BCUT2D eigenvalue weighted by Gasteiger charge is -2.14. The predicted molar refractivity (Wildman–Crippen MR) is 77.9 cm³/mol. The molecule has 4 N–H and O–H groups in total. The number of aliphatic hydroxyl groups is 1. The van der Waals surface area contributed by atoms with Gasteiger partial charge >= 0.3 is 5.97 Å². The number of aryl methyl sites for hydroxylation is 1. The summed E-state index contributed by atoms with van der Waals surface area (Å²) in [6.07, 6.45) is 0.0348. The molecule has 0 bridgehead atoms. The molecule has 0 heterocycles. The highest BCUT2D eigenvalue weighted by Crippen LogP contribution is 2.23. The second-order valence-corrected chi connectivity index (χ2v) is 4.57. The van der Waals surface area contributed by atoms with Crippen LogP contribution in [-0.2, 0) is 9.47 Å². The molecule has 0 saturated heterocycles. The second kappa shape index (κ2) is 7.72. The molecule has 0 fully saturated rings. The number of esters is 1. The van der Waals surface area contributed by atoms with Crippen molar-refractivity contribution in [2.45, 2.75) is 19.4 Å². The number of carbonyl (C=O) groups excluding carboxylic acids is 1. The van der Waals surface area contributed by atoms with Crippen LogP contribution in [0.5, 0.6) is 0 Å². The number of benzene rings is 1. The molecular weight excluding hydrogens is 260 g/mol. The molecule has 1 atom stereocenters. The molecule has 0 radical (unpaired) electrons. The predicted octanol–water partition coefficient (Wildman–Crippen LogP) is 1.17. The number of nitrogens with one attached hydrogen (secondary N) is 1. The smallest absolute Gasteiger partial charge is 0.340 e. The molecule has 6 nitrogen and oxygen atoms in total.